The van der Waals surface area contributed by atoms with E-state index < -0.39 is 9.84 Å². The quantitative estimate of drug-likeness (QED) is 0.742. The van der Waals surface area contributed by atoms with Crippen molar-refractivity contribution < 1.29 is 22.4 Å². The van der Waals surface area contributed by atoms with Crippen LogP contribution in [0.15, 0.2) is 22.8 Å². The van der Waals surface area contributed by atoms with Gasteiger partial charge in [0.05, 0.1) is 24.2 Å². The highest BCUT2D eigenvalue weighted by Crippen LogP contribution is 2.29. The second kappa shape index (κ2) is 7.95. The molecular formula is C20H26N2O5S. The fourth-order valence-electron chi connectivity index (χ4n) is 3.71. The Morgan fingerprint density at radius 3 is 2.57 bits per heavy atom. The van der Waals surface area contributed by atoms with Crippen LogP contribution in [0.5, 0.6) is 0 Å². The minimum atomic E-state index is -3.02. The largest absolute Gasteiger partial charge is 0.464 e. The number of sulfone groups is 1. The van der Waals surface area contributed by atoms with Crippen molar-refractivity contribution in [2.75, 3.05) is 11.5 Å². The number of furan rings is 1. The van der Waals surface area contributed by atoms with Gasteiger partial charge in [-0.05, 0) is 48.4 Å². The van der Waals surface area contributed by atoms with Crippen molar-refractivity contribution in [2.45, 2.75) is 46.0 Å². The lowest BCUT2D eigenvalue weighted by Gasteiger charge is -2.11. The van der Waals surface area contributed by atoms with Gasteiger partial charge < -0.3 is 4.42 Å². The van der Waals surface area contributed by atoms with E-state index in [4.69, 9.17) is 4.42 Å². The molecule has 0 bridgehead atoms. The molecule has 1 unspecified atom stereocenters. The molecule has 7 nitrogen and oxygen atoms in total. The van der Waals surface area contributed by atoms with Crippen LogP contribution in [0.25, 0.3) is 11.0 Å². The lowest BCUT2D eigenvalue weighted by atomic mass is 9.95. The van der Waals surface area contributed by atoms with Crippen LogP contribution in [0.3, 0.4) is 0 Å². The number of benzene rings is 1. The highest BCUT2D eigenvalue weighted by atomic mass is 32.2. The highest BCUT2D eigenvalue weighted by Gasteiger charge is 2.29. The molecule has 1 atom stereocenters. The Labute approximate surface area is 164 Å². The zero-order valence-corrected chi connectivity index (χ0v) is 17.2. The Morgan fingerprint density at radius 2 is 1.93 bits per heavy atom. The van der Waals surface area contributed by atoms with Gasteiger partial charge in [-0.3, -0.25) is 20.4 Å². The van der Waals surface area contributed by atoms with E-state index in [1.165, 1.54) is 5.56 Å². The van der Waals surface area contributed by atoms with Crippen LogP contribution in [0.4, 0.5) is 0 Å². The normalized spacial score (nSPS) is 18.5. The zero-order chi connectivity index (χ0) is 20.5. The van der Waals surface area contributed by atoms with Crippen molar-refractivity contribution in [3.8, 4) is 0 Å². The molecule has 1 aromatic heterocycles. The molecule has 8 heteroatoms. The molecule has 1 aromatic carbocycles. The standard InChI is InChI=1S/C20H26N2O5S/c1-12(2)16-9-17-15(10-27-18(17)6-13(16)3)8-20(24)22-21-19(23)7-14-4-5-28(25,26)11-14/h6,9-10,12,14H,4-5,7-8,11H2,1-3H3,(H,21,23)(H,22,24). The van der Waals surface area contributed by atoms with Gasteiger partial charge in [-0.1, -0.05) is 13.8 Å². The van der Waals surface area contributed by atoms with E-state index in [2.05, 4.69) is 30.8 Å². The molecule has 1 aliphatic rings. The fraction of sp³-hybridized carbons (Fsp3) is 0.500. The number of hydrogen-bond donors (Lipinski definition) is 2. The van der Waals surface area contributed by atoms with E-state index in [-0.39, 0.29) is 42.1 Å². The molecule has 0 saturated carbocycles. The molecule has 2 aromatic rings. The van der Waals surface area contributed by atoms with Crippen molar-refractivity contribution in [3.63, 3.8) is 0 Å². The Hall–Kier alpha value is -2.35. The predicted molar refractivity (Wildman–Crippen MR) is 106 cm³/mol. The molecule has 0 aliphatic carbocycles. The third kappa shape index (κ3) is 4.73. The van der Waals surface area contributed by atoms with Gasteiger partial charge in [0, 0.05) is 17.4 Å². The van der Waals surface area contributed by atoms with Crippen LogP contribution in [-0.2, 0) is 25.8 Å². The first-order valence-corrected chi connectivity index (χ1v) is 11.3. The molecule has 28 heavy (non-hydrogen) atoms. The maximum atomic E-state index is 12.2. The third-order valence-corrected chi connectivity index (χ3v) is 6.99. The van der Waals surface area contributed by atoms with E-state index in [9.17, 15) is 18.0 Å². The maximum Gasteiger partial charge on any atom is 0.242 e. The van der Waals surface area contributed by atoms with Crippen molar-refractivity contribution in [2.24, 2.45) is 5.92 Å². The second-order valence-corrected chi connectivity index (χ2v) is 10.1. The van der Waals surface area contributed by atoms with Gasteiger partial charge in [0.15, 0.2) is 9.84 Å². The number of hydrazine groups is 1. The molecule has 1 saturated heterocycles. The molecule has 2 amide bonds. The van der Waals surface area contributed by atoms with E-state index >= 15 is 0 Å². The molecule has 1 fully saturated rings. The van der Waals surface area contributed by atoms with Gasteiger partial charge >= 0.3 is 0 Å². The lowest BCUT2D eigenvalue weighted by molar-refractivity contribution is -0.129. The van der Waals surface area contributed by atoms with Gasteiger partial charge in [-0.25, -0.2) is 8.42 Å². The average molecular weight is 407 g/mol. The van der Waals surface area contributed by atoms with Crippen molar-refractivity contribution >= 4 is 32.6 Å². The summed E-state index contributed by atoms with van der Waals surface area (Å²) in [4.78, 5) is 24.2. The number of carbonyl (C=O) groups excluding carboxylic acids is 2. The Balaban J connectivity index is 1.57. The highest BCUT2D eigenvalue weighted by molar-refractivity contribution is 7.91. The van der Waals surface area contributed by atoms with Crippen LogP contribution in [0.2, 0.25) is 0 Å². The van der Waals surface area contributed by atoms with E-state index in [1.807, 2.05) is 13.0 Å². The van der Waals surface area contributed by atoms with Gasteiger partial charge in [0.2, 0.25) is 11.8 Å². The summed E-state index contributed by atoms with van der Waals surface area (Å²) in [6, 6.07) is 4.03. The molecule has 2 heterocycles. The summed E-state index contributed by atoms with van der Waals surface area (Å²) in [6.45, 7) is 6.27. The van der Waals surface area contributed by atoms with Crippen LogP contribution in [0.1, 0.15) is 49.3 Å². The Bertz CT molecular complexity index is 1010. The topological polar surface area (TPSA) is 105 Å². The van der Waals surface area contributed by atoms with Crippen LogP contribution in [0, 0.1) is 12.8 Å². The predicted octanol–water partition coefficient (Wildman–Crippen LogP) is 2.38. The zero-order valence-electron chi connectivity index (χ0n) is 16.4. The van der Waals surface area contributed by atoms with Gasteiger partial charge in [-0.2, -0.15) is 0 Å². The molecule has 1 aliphatic heterocycles. The van der Waals surface area contributed by atoms with Gasteiger partial charge in [0.1, 0.15) is 5.58 Å². The van der Waals surface area contributed by atoms with Crippen LogP contribution < -0.4 is 10.9 Å². The van der Waals surface area contributed by atoms with Gasteiger partial charge in [-0.15, -0.1) is 0 Å². The number of carbonyl (C=O) groups is 2. The molecule has 152 valence electrons. The van der Waals surface area contributed by atoms with E-state index in [1.54, 1.807) is 6.26 Å². The molecule has 3 rings (SSSR count). The van der Waals surface area contributed by atoms with E-state index in [0.717, 1.165) is 22.1 Å². The lowest BCUT2D eigenvalue weighted by Crippen LogP contribution is -2.43. The summed E-state index contributed by atoms with van der Waals surface area (Å²) >= 11 is 0. The summed E-state index contributed by atoms with van der Waals surface area (Å²) in [6.07, 6.45) is 2.22. The van der Waals surface area contributed by atoms with Crippen molar-refractivity contribution in [1.29, 1.82) is 0 Å². The Morgan fingerprint density at radius 1 is 1.21 bits per heavy atom. The van der Waals surface area contributed by atoms with E-state index in [0.29, 0.717) is 12.3 Å². The molecular weight excluding hydrogens is 380 g/mol. The smallest absolute Gasteiger partial charge is 0.242 e. The van der Waals surface area contributed by atoms with Crippen LogP contribution in [-0.4, -0.2) is 31.7 Å². The minimum Gasteiger partial charge on any atom is -0.464 e. The minimum absolute atomic E-state index is 0.0347. The number of hydrogen-bond acceptors (Lipinski definition) is 5. The SMILES string of the molecule is Cc1cc2occ(CC(=O)NNC(=O)CC3CCS(=O)(=O)C3)c2cc1C(C)C. The monoisotopic (exact) mass is 406 g/mol. The van der Waals surface area contributed by atoms with Crippen molar-refractivity contribution in [3.05, 3.63) is 35.1 Å². The summed E-state index contributed by atoms with van der Waals surface area (Å²) in [5.41, 5.74) is 8.61. The number of rotatable bonds is 5. The number of fused-ring (bicyclic) bond motifs is 1. The Kier molecular flexibility index (Phi) is 5.79. The third-order valence-electron chi connectivity index (χ3n) is 5.16. The number of nitrogens with one attached hydrogen (secondary N) is 2. The fourth-order valence-corrected chi connectivity index (χ4v) is 5.57. The molecule has 2 N–H and O–H groups in total. The summed E-state index contributed by atoms with van der Waals surface area (Å²) in [5.74, 6) is -0.403. The first kappa shape index (κ1) is 20.4. The summed E-state index contributed by atoms with van der Waals surface area (Å²) < 4.78 is 28.5. The summed E-state index contributed by atoms with van der Waals surface area (Å²) in [5, 5.41) is 0.895. The first-order valence-electron chi connectivity index (χ1n) is 9.43. The van der Waals surface area contributed by atoms with Crippen molar-refractivity contribution in [1.82, 2.24) is 10.9 Å². The average Bonchev–Trinajstić information content (AvgIpc) is 3.14. The number of aryl methyl sites for hydroxylation is 1. The first-order chi connectivity index (χ1) is 13.1. The molecule has 0 radical (unpaired) electrons. The summed E-state index contributed by atoms with van der Waals surface area (Å²) in [7, 11) is -3.02. The second-order valence-electron chi connectivity index (χ2n) is 7.87. The van der Waals surface area contributed by atoms with Gasteiger partial charge in [0.25, 0.3) is 0 Å². The van der Waals surface area contributed by atoms with Crippen LogP contribution >= 0.6 is 0 Å². The maximum absolute atomic E-state index is 12.2. The number of amides is 2. The molecule has 0 spiro atoms.